The highest BCUT2D eigenvalue weighted by Gasteiger charge is 2.41. The molecule has 8 nitrogen and oxygen atoms in total. The third-order valence-corrected chi connectivity index (χ3v) is 9.19. The Morgan fingerprint density at radius 1 is 0.659 bits per heavy atom. The van der Waals surface area contributed by atoms with Crippen LogP contribution >= 0.6 is 0 Å². The molecule has 8 heteroatoms. The van der Waals surface area contributed by atoms with Crippen LogP contribution in [0.5, 0.6) is 0 Å². The normalized spacial score (nSPS) is 26.4. The zero-order valence-electron chi connectivity index (χ0n) is 25.8. The number of amides is 2. The van der Waals surface area contributed by atoms with Crippen molar-refractivity contribution in [1.29, 1.82) is 0 Å². The fourth-order valence-electron chi connectivity index (χ4n) is 7.21. The van der Waals surface area contributed by atoms with Gasteiger partial charge in [0.2, 0.25) is 0 Å². The van der Waals surface area contributed by atoms with Gasteiger partial charge in [-0.05, 0) is 89.5 Å². The van der Waals surface area contributed by atoms with Gasteiger partial charge in [0.05, 0.1) is 26.2 Å². The molecule has 2 unspecified atom stereocenters. The second kappa shape index (κ2) is 12.6. The van der Waals surface area contributed by atoms with Gasteiger partial charge in [0, 0.05) is 30.6 Å². The van der Waals surface area contributed by atoms with Gasteiger partial charge in [-0.25, -0.2) is 0 Å². The van der Waals surface area contributed by atoms with Crippen molar-refractivity contribution in [2.45, 2.75) is 98.6 Å². The summed E-state index contributed by atoms with van der Waals surface area (Å²) >= 11 is 0. The second-order valence-electron chi connectivity index (χ2n) is 12.7. The van der Waals surface area contributed by atoms with Crippen LogP contribution in [0.15, 0.2) is 24.3 Å². The number of anilines is 2. The minimum atomic E-state index is -0.697. The van der Waals surface area contributed by atoms with Crippen LogP contribution in [0, 0.1) is 52.0 Å². The number of hydroxylamine groups is 6. The highest BCUT2D eigenvalue weighted by molar-refractivity contribution is 5.96. The van der Waals surface area contributed by atoms with E-state index in [1.165, 1.54) is 0 Å². The maximum atomic E-state index is 14.1. The van der Waals surface area contributed by atoms with E-state index in [9.17, 15) is 20.0 Å². The number of hydrogen-bond donors (Lipinski definition) is 2. The number of carbonyl (C=O) groups is 2. The first-order valence-corrected chi connectivity index (χ1v) is 15.3. The van der Waals surface area contributed by atoms with Gasteiger partial charge in [-0.3, -0.25) is 9.59 Å². The Kier molecular flexibility index (Phi) is 9.59. The standard InChI is InChI=1S/C33H48N4O4/c1-22-18-24(3)30(25(4)19-22)34-32(38)28-12-7-9-14-36(28,40)16-11-17-37(41)15-10-8-13-29(37)33(39)35-31-26(5)20-23(2)21-27(31)6/h18-21,28-29H,7-17H2,1-6H3,(H,34,38)(H,35,39)/t28?,29?,36-,37-/m1/s1. The van der Waals surface area contributed by atoms with Crippen LogP contribution in [-0.2, 0) is 9.59 Å². The van der Waals surface area contributed by atoms with Crippen LogP contribution in [0.25, 0.3) is 0 Å². The molecule has 0 radical (unpaired) electrons. The van der Waals surface area contributed by atoms with Gasteiger partial charge in [-0.15, -0.1) is 0 Å². The minimum absolute atomic E-state index is 0.205. The van der Waals surface area contributed by atoms with Crippen molar-refractivity contribution in [2.24, 2.45) is 0 Å². The van der Waals surface area contributed by atoms with E-state index < -0.39 is 21.4 Å². The van der Waals surface area contributed by atoms with E-state index in [1.807, 2.05) is 65.8 Å². The summed E-state index contributed by atoms with van der Waals surface area (Å²) in [5.41, 5.74) is 7.77. The van der Waals surface area contributed by atoms with E-state index >= 15 is 0 Å². The molecule has 2 saturated heterocycles. The number of piperidine rings is 2. The number of carbonyl (C=O) groups excluding carboxylic acids is 2. The molecular weight excluding hydrogens is 516 g/mol. The number of hydrogen-bond acceptors (Lipinski definition) is 4. The fourth-order valence-corrected chi connectivity index (χ4v) is 7.21. The lowest BCUT2D eigenvalue weighted by Gasteiger charge is -2.53. The van der Waals surface area contributed by atoms with Crippen LogP contribution in [0.3, 0.4) is 0 Å². The number of rotatable bonds is 8. The van der Waals surface area contributed by atoms with Crippen molar-refractivity contribution in [3.8, 4) is 0 Å². The Balaban J connectivity index is 1.43. The van der Waals surface area contributed by atoms with Gasteiger partial charge in [0.1, 0.15) is 0 Å². The van der Waals surface area contributed by atoms with Crippen molar-refractivity contribution >= 4 is 23.2 Å². The molecule has 0 spiro atoms. The lowest BCUT2D eigenvalue weighted by atomic mass is 9.98. The summed E-state index contributed by atoms with van der Waals surface area (Å²) in [5, 5.41) is 34.3. The molecule has 2 aromatic carbocycles. The molecule has 2 aliphatic heterocycles. The molecule has 2 amide bonds. The van der Waals surface area contributed by atoms with Crippen molar-refractivity contribution in [3.05, 3.63) is 68.1 Å². The molecular formula is C33H48N4O4. The summed E-state index contributed by atoms with van der Waals surface area (Å²) < 4.78 is -1.21. The van der Waals surface area contributed by atoms with Gasteiger partial charge in [-0.2, -0.15) is 0 Å². The average Bonchev–Trinajstić information content (AvgIpc) is 2.88. The molecule has 0 aliphatic carbocycles. The van der Waals surface area contributed by atoms with Crippen LogP contribution < -0.4 is 10.6 Å². The first-order valence-electron chi connectivity index (χ1n) is 15.3. The quantitative estimate of drug-likeness (QED) is 0.293. The predicted octanol–water partition coefficient (Wildman–Crippen LogP) is 6.24. The molecule has 4 atom stereocenters. The average molecular weight is 565 g/mol. The van der Waals surface area contributed by atoms with E-state index in [1.54, 1.807) is 0 Å². The van der Waals surface area contributed by atoms with Crippen LogP contribution in [0.1, 0.15) is 78.3 Å². The lowest BCUT2D eigenvalue weighted by molar-refractivity contribution is -0.919. The highest BCUT2D eigenvalue weighted by Crippen LogP contribution is 2.31. The van der Waals surface area contributed by atoms with Crippen molar-refractivity contribution in [2.75, 3.05) is 36.8 Å². The highest BCUT2D eigenvalue weighted by atomic mass is 16.6. The van der Waals surface area contributed by atoms with Crippen LogP contribution in [0.4, 0.5) is 11.4 Å². The van der Waals surface area contributed by atoms with Gasteiger partial charge in [0.25, 0.3) is 11.8 Å². The third-order valence-electron chi connectivity index (χ3n) is 9.19. The Morgan fingerprint density at radius 2 is 1.00 bits per heavy atom. The summed E-state index contributed by atoms with van der Waals surface area (Å²) in [6.07, 6.45) is 4.68. The Hall–Kier alpha value is -2.78. The zero-order valence-corrected chi connectivity index (χ0v) is 25.8. The number of quaternary nitrogens is 2. The number of aryl methyl sites for hydroxylation is 6. The number of benzene rings is 2. The van der Waals surface area contributed by atoms with E-state index in [0.717, 1.165) is 70.4 Å². The van der Waals surface area contributed by atoms with E-state index in [0.29, 0.717) is 32.4 Å². The fraction of sp³-hybridized carbons (Fsp3) is 0.576. The Morgan fingerprint density at radius 3 is 1.34 bits per heavy atom. The predicted molar refractivity (Wildman–Crippen MR) is 165 cm³/mol. The SMILES string of the molecule is Cc1cc(C)c(NC(=O)C2CCCC[N@@+]2([O-])CCC[N@+]2([O-])CCCCC2C(=O)Nc2c(C)cc(C)cc2C)c(C)c1. The lowest BCUT2D eigenvalue weighted by Crippen LogP contribution is -2.61. The van der Waals surface area contributed by atoms with Gasteiger partial charge < -0.3 is 30.3 Å². The van der Waals surface area contributed by atoms with E-state index in [2.05, 4.69) is 10.6 Å². The molecule has 41 heavy (non-hydrogen) atoms. The van der Waals surface area contributed by atoms with Crippen LogP contribution in [-0.4, -0.2) is 59.4 Å². The molecule has 224 valence electrons. The zero-order chi connectivity index (χ0) is 29.9. The maximum absolute atomic E-state index is 14.1. The molecule has 2 aliphatic rings. The van der Waals surface area contributed by atoms with Crippen LogP contribution in [0.2, 0.25) is 0 Å². The Bertz CT molecular complexity index is 1150. The summed E-state index contributed by atoms with van der Waals surface area (Å²) in [7, 11) is 0. The first kappa shape index (κ1) is 31.2. The van der Waals surface area contributed by atoms with Crippen molar-refractivity contribution in [1.82, 2.24) is 0 Å². The summed E-state index contributed by atoms with van der Waals surface area (Å²) in [5.74, 6) is -0.473. The molecule has 2 heterocycles. The van der Waals surface area contributed by atoms with E-state index in [4.69, 9.17) is 0 Å². The topological polar surface area (TPSA) is 104 Å². The number of likely N-dealkylation sites (tertiary alicyclic amines) is 2. The Labute approximate surface area is 245 Å². The minimum Gasteiger partial charge on any atom is -0.632 e. The summed E-state index contributed by atoms with van der Waals surface area (Å²) in [6.45, 7) is 13.1. The molecule has 4 rings (SSSR count). The monoisotopic (exact) mass is 564 g/mol. The number of nitrogens with one attached hydrogen (secondary N) is 2. The largest absolute Gasteiger partial charge is 0.632 e. The smallest absolute Gasteiger partial charge is 0.283 e. The second-order valence-corrected chi connectivity index (χ2v) is 12.7. The molecule has 2 aromatic rings. The molecule has 0 aromatic heterocycles. The molecule has 2 N–H and O–H groups in total. The molecule has 0 bridgehead atoms. The first-order chi connectivity index (χ1) is 19.3. The summed E-state index contributed by atoms with van der Waals surface area (Å²) in [6, 6.07) is 6.74. The van der Waals surface area contributed by atoms with Crippen molar-refractivity contribution in [3.63, 3.8) is 0 Å². The van der Waals surface area contributed by atoms with Gasteiger partial charge in [-0.1, -0.05) is 35.4 Å². The summed E-state index contributed by atoms with van der Waals surface area (Å²) in [4.78, 5) is 26.9. The van der Waals surface area contributed by atoms with Crippen molar-refractivity contribution < 1.29 is 18.9 Å². The molecule has 2 fully saturated rings. The van der Waals surface area contributed by atoms with Gasteiger partial charge in [0.15, 0.2) is 12.1 Å². The van der Waals surface area contributed by atoms with Gasteiger partial charge >= 0.3 is 0 Å². The molecule has 0 saturated carbocycles. The third kappa shape index (κ3) is 7.00. The number of nitrogens with zero attached hydrogens (tertiary/aromatic N) is 2. The van der Waals surface area contributed by atoms with E-state index in [-0.39, 0.29) is 24.9 Å². The maximum Gasteiger partial charge on any atom is 0.283 e.